The van der Waals surface area contributed by atoms with Crippen molar-refractivity contribution in [1.82, 2.24) is 10.9 Å². The van der Waals surface area contributed by atoms with Gasteiger partial charge in [-0.15, -0.1) is 0 Å². The van der Waals surface area contributed by atoms with Gasteiger partial charge in [-0.1, -0.05) is 24.3 Å². The van der Waals surface area contributed by atoms with E-state index in [1.165, 1.54) is 0 Å². The number of nitrogens with one attached hydrogen (secondary N) is 2. The molecule has 0 atom stereocenters. The predicted molar refractivity (Wildman–Crippen MR) is 145 cm³/mol. The van der Waals surface area contributed by atoms with E-state index in [0.717, 1.165) is 48.7 Å². The van der Waals surface area contributed by atoms with E-state index >= 15 is 0 Å². The molecule has 0 aliphatic rings. The largest absolute Gasteiger partial charge is 0.372 e. The van der Waals surface area contributed by atoms with E-state index in [9.17, 15) is 9.59 Å². The molecule has 0 aliphatic carbocycles. The highest BCUT2D eigenvalue weighted by Crippen LogP contribution is 2.15. The molecule has 2 amide bonds. The van der Waals surface area contributed by atoms with Crippen molar-refractivity contribution < 1.29 is 9.59 Å². The molecule has 0 radical (unpaired) electrons. The number of carbonyl (C=O) groups is 2. The van der Waals surface area contributed by atoms with Crippen LogP contribution in [0.3, 0.4) is 0 Å². The van der Waals surface area contributed by atoms with Crippen LogP contribution in [0.1, 0.15) is 58.1 Å². The maximum atomic E-state index is 12.0. The van der Waals surface area contributed by atoms with Gasteiger partial charge in [-0.05, 0) is 69.5 Å². The van der Waals surface area contributed by atoms with Crippen LogP contribution in [0, 0.1) is 0 Å². The van der Waals surface area contributed by atoms with Gasteiger partial charge in [0.2, 0.25) is 11.8 Å². The number of hydrogen-bond donors (Lipinski definition) is 2. The first-order chi connectivity index (χ1) is 17.0. The Morgan fingerprint density at radius 1 is 0.657 bits per heavy atom. The molecule has 0 aromatic heterocycles. The zero-order valence-corrected chi connectivity index (χ0v) is 21.3. The molecule has 8 nitrogen and oxygen atoms in total. The predicted octanol–water partition coefficient (Wildman–Crippen LogP) is 4.15. The van der Waals surface area contributed by atoms with Gasteiger partial charge < -0.3 is 9.80 Å². The van der Waals surface area contributed by atoms with Crippen LogP contribution in [0.15, 0.2) is 58.7 Å². The lowest BCUT2D eigenvalue weighted by Crippen LogP contribution is -2.21. The van der Waals surface area contributed by atoms with Crippen molar-refractivity contribution >= 4 is 35.6 Å². The van der Waals surface area contributed by atoms with Gasteiger partial charge in [-0.25, -0.2) is 10.9 Å². The summed E-state index contributed by atoms with van der Waals surface area (Å²) in [5.74, 6) is -0.462. The van der Waals surface area contributed by atoms with Gasteiger partial charge in [0.15, 0.2) is 0 Å². The minimum Gasteiger partial charge on any atom is -0.372 e. The number of hydrazone groups is 2. The van der Waals surface area contributed by atoms with Gasteiger partial charge in [-0.3, -0.25) is 9.59 Å². The van der Waals surface area contributed by atoms with Gasteiger partial charge in [0.25, 0.3) is 0 Å². The van der Waals surface area contributed by atoms with Crippen molar-refractivity contribution in [2.45, 2.75) is 47.0 Å². The van der Waals surface area contributed by atoms with Crippen LogP contribution in [0.5, 0.6) is 0 Å². The quantitative estimate of drug-likeness (QED) is 0.315. The maximum Gasteiger partial charge on any atom is 0.240 e. The molecule has 0 fully saturated rings. The van der Waals surface area contributed by atoms with E-state index in [2.05, 4.69) is 58.5 Å². The number of anilines is 2. The Balaban J connectivity index is 1.66. The molecule has 2 aromatic carbocycles. The number of nitrogens with zero attached hydrogens (tertiary/aromatic N) is 4. The molecule has 0 saturated heterocycles. The number of benzene rings is 2. The Morgan fingerprint density at radius 3 is 1.31 bits per heavy atom. The summed E-state index contributed by atoms with van der Waals surface area (Å²) in [4.78, 5) is 28.4. The minimum absolute atomic E-state index is 0.211. The lowest BCUT2D eigenvalue weighted by Gasteiger charge is -2.20. The molecule has 2 aromatic rings. The summed E-state index contributed by atoms with van der Waals surface area (Å²) < 4.78 is 0. The van der Waals surface area contributed by atoms with Crippen molar-refractivity contribution in [2.24, 2.45) is 10.2 Å². The Hall–Kier alpha value is -3.68. The van der Waals surface area contributed by atoms with E-state index in [0.29, 0.717) is 6.42 Å². The maximum absolute atomic E-state index is 12.0. The minimum atomic E-state index is -0.231. The average molecular weight is 479 g/mol. The number of rotatable bonds is 14. The van der Waals surface area contributed by atoms with Gasteiger partial charge in [0, 0.05) is 50.4 Å². The van der Waals surface area contributed by atoms with E-state index in [-0.39, 0.29) is 24.7 Å². The number of carbonyl (C=O) groups excluding carboxylic acids is 2. The molecule has 2 N–H and O–H groups in total. The third-order valence-electron chi connectivity index (χ3n) is 5.66. The van der Waals surface area contributed by atoms with Crippen LogP contribution in [0.4, 0.5) is 11.4 Å². The summed E-state index contributed by atoms with van der Waals surface area (Å²) >= 11 is 0. The molecule has 0 spiro atoms. The highest BCUT2D eigenvalue weighted by Gasteiger charge is 2.05. The molecular weight excluding hydrogens is 440 g/mol. The molecule has 0 saturated carbocycles. The fraction of sp³-hybridized carbons (Fsp3) is 0.407. The fourth-order valence-corrected chi connectivity index (χ4v) is 3.60. The van der Waals surface area contributed by atoms with Crippen LogP contribution >= 0.6 is 0 Å². The first-order valence-corrected chi connectivity index (χ1v) is 12.3. The second-order valence-corrected chi connectivity index (χ2v) is 7.97. The van der Waals surface area contributed by atoms with Crippen molar-refractivity contribution in [3.8, 4) is 0 Å². The average Bonchev–Trinajstić information content (AvgIpc) is 2.87. The normalized spacial score (nSPS) is 11.1. The summed E-state index contributed by atoms with van der Waals surface area (Å²) in [5.41, 5.74) is 9.14. The Morgan fingerprint density at radius 2 is 1.00 bits per heavy atom. The molecular formula is C27H38N6O2. The molecule has 0 unspecified atom stereocenters. The van der Waals surface area contributed by atoms with Crippen LogP contribution < -0.4 is 20.7 Å². The SMILES string of the molecule is CCN(CC)c1ccc(/C=N\NC(=O)CCCC(=O)N/N=C\c2ccc(N(CC)CC)cc2)cc1. The van der Waals surface area contributed by atoms with Crippen molar-refractivity contribution in [3.05, 3.63) is 59.7 Å². The number of hydrogen-bond acceptors (Lipinski definition) is 6. The lowest BCUT2D eigenvalue weighted by atomic mass is 10.2. The summed E-state index contributed by atoms with van der Waals surface area (Å²) in [5, 5.41) is 8.00. The summed E-state index contributed by atoms with van der Waals surface area (Å²) in [6.45, 7) is 12.3. The Labute approximate surface area is 209 Å². The third-order valence-corrected chi connectivity index (χ3v) is 5.66. The van der Waals surface area contributed by atoms with Crippen molar-refractivity contribution in [1.29, 1.82) is 0 Å². The lowest BCUT2D eigenvalue weighted by molar-refractivity contribution is -0.122. The summed E-state index contributed by atoms with van der Waals surface area (Å²) in [7, 11) is 0. The first kappa shape index (κ1) is 27.6. The third kappa shape index (κ3) is 9.60. The Kier molecular flexibility index (Phi) is 12.0. The van der Waals surface area contributed by atoms with E-state index in [1.807, 2.05) is 48.5 Å². The molecule has 0 heterocycles. The van der Waals surface area contributed by atoms with Gasteiger partial charge in [0.05, 0.1) is 12.4 Å². The van der Waals surface area contributed by atoms with Crippen molar-refractivity contribution in [2.75, 3.05) is 36.0 Å². The fourth-order valence-electron chi connectivity index (χ4n) is 3.60. The standard InChI is InChI=1S/C27H38N6O2/c1-5-32(6-2)24-16-12-22(13-17-24)20-28-30-26(34)10-9-11-27(35)31-29-21-23-14-18-25(19-15-23)33(7-3)8-4/h12-21H,5-11H2,1-4H3,(H,30,34)(H,31,35)/b28-20-,29-21-. The van der Waals surface area contributed by atoms with Crippen LogP contribution in [0.2, 0.25) is 0 Å². The van der Waals surface area contributed by atoms with E-state index in [4.69, 9.17) is 0 Å². The van der Waals surface area contributed by atoms with Gasteiger partial charge >= 0.3 is 0 Å². The second-order valence-electron chi connectivity index (χ2n) is 7.97. The topological polar surface area (TPSA) is 89.4 Å². The molecule has 8 heteroatoms. The van der Waals surface area contributed by atoms with E-state index in [1.54, 1.807) is 12.4 Å². The smallest absolute Gasteiger partial charge is 0.240 e. The molecule has 0 bridgehead atoms. The molecule has 188 valence electrons. The van der Waals surface area contributed by atoms with E-state index < -0.39 is 0 Å². The van der Waals surface area contributed by atoms with Crippen LogP contribution in [0.25, 0.3) is 0 Å². The highest BCUT2D eigenvalue weighted by atomic mass is 16.2. The monoisotopic (exact) mass is 478 g/mol. The zero-order valence-electron chi connectivity index (χ0n) is 21.3. The van der Waals surface area contributed by atoms with Gasteiger partial charge in [0.1, 0.15) is 0 Å². The van der Waals surface area contributed by atoms with Crippen molar-refractivity contribution in [3.63, 3.8) is 0 Å². The second kappa shape index (κ2) is 15.3. The summed E-state index contributed by atoms with van der Waals surface area (Å²) in [6, 6.07) is 16.0. The van der Waals surface area contributed by atoms with Crippen LogP contribution in [-0.2, 0) is 9.59 Å². The van der Waals surface area contributed by atoms with Gasteiger partial charge in [-0.2, -0.15) is 10.2 Å². The van der Waals surface area contributed by atoms with Crippen LogP contribution in [-0.4, -0.2) is 50.4 Å². The molecule has 35 heavy (non-hydrogen) atoms. The molecule has 0 aliphatic heterocycles. The molecule has 2 rings (SSSR count). The zero-order chi connectivity index (χ0) is 25.5. The summed E-state index contributed by atoms with van der Waals surface area (Å²) in [6.07, 6.45) is 4.06. The number of amides is 2. The Bertz CT molecular complexity index is 883. The highest BCUT2D eigenvalue weighted by molar-refractivity contribution is 5.84. The first-order valence-electron chi connectivity index (χ1n) is 12.3.